The summed E-state index contributed by atoms with van der Waals surface area (Å²) in [6, 6.07) is 9.59. The van der Waals surface area contributed by atoms with Gasteiger partial charge < -0.3 is 9.84 Å². The van der Waals surface area contributed by atoms with Crippen molar-refractivity contribution in [3.05, 3.63) is 52.3 Å². The molecular formula is C14H15BrN2O2. The molecule has 19 heavy (non-hydrogen) atoms. The maximum Gasteiger partial charge on any atom is 0.226 e. The van der Waals surface area contributed by atoms with Crippen LogP contribution in [0.2, 0.25) is 0 Å². The molecule has 100 valence electrons. The Balaban J connectivity index is 2.03. The van der Waals surface area contributed by atoms with Crippen molar-refractivity contribution in [2.75, 3.05) is 0 Å². The van der Waals surface area contributed by atoms with E-state index in [1.54, 1.807) is 6.07 Å². The topological polar surface area (TPSA) is 55.1 Å². The molecular weight excluding hydrogens is 308 g/mol. The molecule has 0 saturated carbocycles. The van der Waals surface area contributed by atoms with E-state index in [0.717, 1.165) is 16.5 Å². The number of aromatic nitrogens is 1. The molecule has 0 aliphatic heterocycles. The number of halogens is 1. The van der Waals surface area contributed by atoms with Crippen molar-refractivity contribution in [3.63, 3.8) is 0 Å². The van der Waals surface area contributed by atoms with Gasteiger partial charge in [0, 0.05) is 10.5 Å². The molecule has 0 bridgehead atoms. The van der Waals surface area contributed by atoms with Crippen LogP contribution in [0.15, 0.2) is 45.6 Å². The highest BCUT2D eigenvalue weighted by atomic mass is 79.9. The van der Waals surface area contributed by atoms with Gasteiger partial charge in [0.1, 0.15) is 6.26 Å². The first kappa shape index (κ1) is 13.8. The molecule has 1 amide bonds. The molecule has 1 aromatic carbocycles. The van der Waals surface area contributed by atoms with E-state index in [1.165, 1.54) is 6.26 Å². The summed E-state index contributed by atoms with van der Waals surface area (Å²) in [5.41, 5.74) is 1.72. The number of nitrogens with one attached hydrogen (secondary N) is 1. The lowest BCUT2D eigenvalue weighted by Crippen LogP contribution is -2.29. The standard InChI is InChI=1S/C14H15BrN2O2/c1-2-13(11-5-3-4-6-12(11)15)16-14(18)9-10-7-8-19-17-10/h3-8,13H,2,9H2,1H3,(H,16,18)/t13-/m1/s1. The van der Waals surface area contributed by atoms with Crippen LogP contribution in [0.25, 0.3) is 0 Å². The molecule has 0 saturated heterocycles. The van der Waals surface area contributed by atoms with Gasteiger partial charge >= 0.3 is 0 Å². The Kier molecular flexibility index (Phi) is 4.74. The van der Waals surface area contributed by atoms with Crippen LogP contribution >= 0.6 is 15.9 Å². The van der Waals surface area contributed by atoms with E-state index in [-0.39, 0.29) is 18.4 Å². The number of carbonyl (C=O) groups is 1. The molecule has 0 radical (unpaired) electrons. The minimum absolute atomic E-state index is 0.00465. The summed E-state index contributed by atoms with van der Waals surface area (Å²) in [7, 11) is 0. The van der Waals surface area contributed by atoms with Gasteiger partial charge in [-0.2, -0.15) is 0 Å². The monoisotopic (exact) mass is 322 g/mol. The molecule has 1 atom stereocenters. The number of amides is 1. The predicted molar refractivity (Wildman–Crippen MR) is 75.5 cm³/mol. The summed E-state index contributed by atoms with van der Waals surface area (Å²) in [5, 5.41) is 6.75. The number of benzene rings is 1. The number of nitrogens with zero attached hydrogens (tertiary/aromatic N) is 1. The van der Waals surface area contributed by atoms with Gasteiger partial charge in [0.05, 0.1) is 18.2 Å². The van der Waals surface area contributed by atoms with E-state index in [4.69, 9.17) is 4.52 Å². The molecule has 2 rings (SSSR count). The molecule has 2 aromatic rings. The second kappa shape index (κ2) is 6.52. The van der Waals surface area contributed by atoms with E-state index >= 15 is 0 Å². The van der Waals surface area contributed by atoms with E-state index in [2.05, 4.69) is 26.4 Å². The van der Waals surface area contributed by atoms with Crippen molar-refractivity contribution in [2.24, 2.45) is 0 Å². The minimum atomic E-state index is -0.0588. The third kappa shape index (κ3) is 3.67. The molecule has 0 spiro atoms. The van der Waals surface area contributed by atoms with Crippen molar-refractivity contribution < 1.29 is 9.32 Å². The van der Waals surface area contributed by atoms with E-state index < -0.39 is 0 Å². The van der Waals surface area contributed by atoms with E-state index in [9.17, 15) is 4.79 Å². The van der Waals surface area contributed by atoms with Crippen LogP contribution in [0.1, 0.15) is 30.6 Å². The highest BCUT2D eigenvalue weighted by molar-refractivity contribution is 9.10. The fraction of sp³-hybridized carbons (Fsp3) is 0.286. The van der Waals surface area contributed by atoms with Crippen LogP contribution in [-0.4, -0.2) is 11.1 Å². The number of carbonyl (C=O) groups excluding carboxylic acids is 1. The third-order valence-corrected chi connectivity index (χ3v) is 3.58. The normalized spacial score (nSPS) is 12.1. The van der Waals surface area contributed by atoms with Crippen molar-refractivity contribution in [1.82, 2.24) is 10.5 Å². The Bertz CT molecular complexity index is 540. The van der Waals surface area contributed by atoms with E-state index in [0.29, 0.717) is 5.69 Å². The van der Waals surface area contributed by atoms with Crippen molar-refractivity contribution in [2.45, 2.75) is 25.8 Å². The zero-order valence-corrected chi connectivity index (χ0v) is 12.2. The summed E-state index contributed by atoms with van der Waals surface area (Å²) in [6.07, 6.45) is 2.53. The van der Waals surface area contributed by atoms with Crippen LogP contribution in [0.3, 0.4) is 0 Å². The molecule has 1 aromatic heterocycles. The van der Waals surface area contributed by atoms with Crippen LogP contribution in [0.4, 0.5) is 0 Å². The Morgan fingerprint density at radius 1 is 1.42 bits per heavy atom. The average Bonchev–Trinajstić information content (AvgIpc) is 2.89. The van der Waals surface area contributed by atoms with Crippen LogP contribution in [0, 0.1) is 0 Å². The quantitative estimate of drug-likeness (QED) is 0.919. The number of hydrogen-bond donors (Lipinski definition) is 1. The molecule has 1 N–H and O–H groups in total. The maximum atomic E-state index is 12.0. The first-order valence-corrected chi connectivity index (χ1v) is 6.93. The van der Waals surface area contributed by atoms with Crippen molar-refractivity contribution >= 4 is 21.8 Å². The van der Waals surface area contributed by atoms with Gasteiger partial charge in [0.15, 0.2) is 0 Å². The molecule has 5 heteroatoms. The van der Waals surface area contributed by atoms with Gasteiger partial charge in [0.25, 0.3) is 0 Å². The largest absolute Gasteiger partial charge is 0.364 e. The molecule has 0 aliphatic carbocycles. The van der Waals surface area contributed by atoms with Crippen molar-refractivity contribution in [1.29, 1.82) is 0 Å². The third-order valence-electron chi connectivity index (χ3n) is 2.86. The lowest BCUT2D eigenvalue weighted by atomic mass is 10.0. The fourth-order valence-corrected chi connectivity index (χ4v) is 2.46. The second-order valence-electron chi connectivity index (χ2n) is 4.22. The van der Waals surface area contributed by atoms with Crippen LogP contribution < -0.4 is 5.32 Å². The van der Waals surface area contributed by atoms with Gasteiger partial charge in [0.2, 0.25) is 5.91 Å². The van der Waals surface area contributed by atoms with Gasteiger partial charge in [-0.15, -0.1) is 0 Å². The minimum Gasteiger partial charge on any atom is -0.364 e. The second-order valence-corrected chi connectivity index (χ2v) is 5.07. The lowest BCUT2D eigenvalue weighted by Gasteiger charge is -2.18. The molecule has 4 nitrogen and oxygen atoms in total. The zero-order valence-electron chi connectivity index (χ0n) is 10.6. The summed E-state index contributed by atoms with van der Waals surface area (Å²) in [6.45, 7) is 2.04. The fourth-order valence-electron chi connectivity index (χ4n) is 1.90. The van der Waals surface area contributed by atoms with Crippen LogP contribution in [-0.2, 0) is 11.2 Å². The Morgan fingerprint density at radius 3 is 2.84 bits per heavy atom. The smallest absolute Gasteiger partial charge is 0.226 e. The van der Waals surface area contributed by atoms with Gasteiger partial charge in [-0.25, -0.2) is 0 Å². The summed E-state index contributed by atoms with van der Waals surface area (Å²) < 4.78 is 5.72. The highest BCUT2D eigenvalue weighted by Gasteiger charge is 2.15. The predicted octanol–water partition coefficient (Wildman–Crippen LogP) is 3.25. The number of rotatable bonds is 5. The van der Waals surface area contributed by atoms with Gasteiger partial charge in [-0.1, -0.05) is 46.2 Å². The molecule has 0 aliphatic rings. The Labute approximate surface area is 120 Å². The molecule has 1 heterocycles. The molecule has 0 unspecified atom stereocenters. The average molecular weight is 323 g/mol. The van der Waals surface area contributed by atoms with Gasteiger partial charge in [-0.05, 0) is 18.1 Å². The first-order valence-electron chi connectivity index (χ1n) is 6.13. The molecule has 0 fully saturated rings. The first-order chi connectivity index (χ1) is 9.20. The van der Waals surface area contributed by atoms with Crippen LogP contribution in [0.5, 0.6) is 0 Å². The highest BCUT2D eigenvalue weighted by Crippen LogP contribution is 2.25. The SMILES string of the molecule is CC[C@@H](NC(=O)Cc1ccon1)c1ccccc1Br. The Morgan fingerprint density at radius 2 is 2.21 bits per heavy atom. The van der Waals surface area contributed by atoms with E-state index in [1.807, 2.05) is 31.2 Å². The summed E-state index contributed by atoms with van der Waals surface area (Å²) in [5.74, 6) is -0.0588. The summed E-state index contributed by atoms with van der Waals surface area (Å²) in [4.78, 5) is 12.0. The Hall–Kier alpha value is -1.62. The lowest BCUT2D eigenvalue weighted by molar-refractivity contribution is -0.121. The van der Waals surface area contributed by atoms with Gasteiger partial charge in [-0.3, -0.25) is 4.79 Å². The van der Waals surface area contributed by atoms with Crippen molar-refractivity contribution in [3.8, 4) is 0 Å². The summed E-state index contributed by atoms with van der Waals surface area (Å²) >= 11 is 3.51. The zero-order chi connectivity index (χ0) is 13.7. The maximum absolute atomic E-state index is 12.0. The number of hydrogen-bond acceptors (Lipinski definition) is 3.